The Kier molecular flexibility index (Phi) is 6.92. The molecule has 0 aromatic heterocycles. The summed E-state index contributed by atoms with van der Waals surface area (Å²) in [5.74, 6) is 1.06. The van der Waals surface area contributed by atoms with Gasteiger partial charge in [-0.1, -0.05) is 0 Å². The Hall–Kier alpha value is -0.360. The summed E-state index contributed by atoms with van der Waals surface area (Å²) in [7, 11) is 0. The van der Waals surface area contributed by atoms with Crippen LogP contribution in [0.15, 0.2) is 0 Å². The van der Waals surface area contributed by atoms with Crippen LogP contribution in [-0.4, -0.2) is 36.7 Å². The smallest absolute Gasteiger partial charge is 0.306 e. The molecule has 0 aromatic rings. The van der Waals surface area contributed by atoms with Crippen molar-refractivity contribution >= 4 is 35.5 Å². The van der Waals surface area contributed by atoms with Crippen LogP contribution in [-0.2, 0) is 19.1 Å². The minimum absolute atomic E-state index is 0.232. The van der Waals surface area contributed by atoms with Gasteiger partial charge in [-0.25, -0.2) is 0 Å². The SMILES string of the molecule is CCOC(=O)CC1(CC(=O)OCC)CS[CH]SC1. The normalized spacial score (nSPS) is 18.1. The lowest BCUT2D eigenvalue weighted by Gasteiger charge is -2.34. The van der Waals surface area contributed by atoms with Crippen LogP contribution in [0.3, 0.4) is 0 Å². The third kappa shape index (κ3) is 5.10. The Bertz CT molecular complexity index is 266. The highest BCUT2D eigenvalue weighted by Gasteiger charge is 2.38. The standard InChI is InChI=1S/C12H19O4S2/c1-3-15-10(13)5-12(6-11(14)16-4-2)7-17-9-18-8-12/h9H,3-8H2,1-2H3. The van der Waals surface area contributed by atoms with Crippen molar-refractivity contribution in [2.24, 2.45) is 5.41 Å². The van der Waals surface area contributed by atoms with Gasteiger partial charge in [0.15, 0.2) is 0 Å². The van der Waals surface area contributed by atoms with E-state index in [1.807, 2.05) is 0 Å². The topological polar surface area (TPSA) is 52.6 Å². The van der Waals surface area contributed by atoms with Gasteiger partial charge in [0.1, 0.15) is 0 Å². The van der Waals surface area contributed by atoms with E-state index >= 15 is 0 Å². The van der Waals surface area contributed by atoms with Gasteiger partial charge in [-0.3, -0.25) is 9.59 Å². The first-order valence-corrected chi connectivity index (χ1v) is 8.08. The molecular formula is C12H19O4S2. The van der Waals surface area contributed by atoms with Gasteiger partial charge in [-0.2, -0.15) is 0 Å². The first kappa shape index (κ1) is 15.7. The van der Waals surface area contributed by atoms with Crippen molar-refractivity contribution in [2.45, 2.75) is 26.7 Å². The lowest BCUT2D eigenvalue weighted by Crippen LogP contribution is -2.35. The molecule has 0 unspecified atom stereocenters. The minimum atomic E-state index is -0.331. The zero-order valence-electron chi connectivity index (χ0n) is 10.8. The van der Waals surface area contributed by atoms with Crippen LogP contribution in [0.25, 0.3) is 0 Å². The number of ether oxygens (including phenoxy) is 2. The van der Waals surface area contributed by atoms with Gasteiger partial charge >= 0.3 is 11.9 Å². The lowest BCUT2D eigenvalue weighted by atomic mass is 9.85. The van der Waals surface area contributed by atoms with E-state index in [0.717, 1.165) is 11.5 Å². The van der Waals surface area contributed by atoms with Crippen molar-refractivity contribution < 1.29 is 19.1 Å². The van der Waals surface area contributed by atoms with E-state index in [4.69, 9.17) is 9.47 Å². The molecule has 0 spiro atoms. The van der Waals surface area contributed by atoms with E-state index in [2.05, 4.69) is 5.08 Å². The molecule has 1 aliphatic heterocycles. The highest BCUT2D eigenvalue weighted by Crippen LogP contribution is 2.43. The summed E-state index contributed by atoms with van der Waals surface area (Å²) in [4.78, 5) is 23.3. The molecule has 0 aromatic carbocycles. The molecule has 4 nitrogen and oxygen atoms in total. The van der Waals surface area contributed by atoms with Crippen LogP contribution in [0, 0.1) is 10.5 Å². The Labute approximate surface area is 117 Å². The summed E-state index contributed by atoms with van der Waals surface area (Å²) in [5, 5.41) is 2.05. The van der Waals surface area contributed by atoms with Crippen molar-refractivity contribution in [2.75, 3.05) is 24.7 Å². The molecule has 0 saturated carbocycles. The zero-order valence-corrected chi connectivity index (χ0v) is 12.4. The Morgan fingerprint density at radius 1 is 1.06 bits per heavy atom. The minimum Gasteiger partial charge on any atom is -0.466 e. The first-order chi connectivity index (χ1) is 8.62. The number of rotatable bonds is 6. The first-order valence-electron chi connectivity index (χ1n) is 5.98. The molecule has 0 amide bonds. The molecule has 103 valence electrons. The van der Waals surface area contributed by atoms with Gasteiger partial charge in [0.05, 0.1) is 31.1 Å². The molecule has 0 N–H and O–H groups in total. The summed E-state index contributed by atoms with van der Waals surface area (Å²) in [6, 6.07) is 0. The predicted molar refractivity (Wildman–Crippen MR) is 74.1 cm³/mol. The lowest BCUT2D eigenvalue weighted by molar-refractivity contribution is -0.148. The largest absolute Gasteiger partial charge is 0.466 e. The van der Waals surface area contributed by atoms with Gasteiger partial charge in [-0.15, -0.1) is 23.5 Å². The Morgan fingerprint density at radius 2 is 1.50 bits per heavy atom. The van der Waals surface area contributed by atoms with Gasteiger partial charge in [0, 0.05) is 16.9 Å². The summed E-state index contributed by atoms with van der Waals surface area (Å²) < 4.78 is 9.98. The van der Waals surface area contributed by atoms with E-state index in [-0.39, 0.29) is 30.2 Å². The fourth-order valence-corrected chi connectivity index (χ4v) is 4.19. The third-order valence-corrected chi connectivity index (χ3v) is 5.21. The maximum absolute atomic E-state index is 11.7. The van der Waals surface area contributed by atoms with E-state index in [9.17, 15) is 9.59 Å². The second-order valence-electron chi connectivity index (χ2n) is 4.18. The maximum atomic E-state index is 11.7. The van der Waals surface area contributed by atoms with Crippen LogP contribution in [0.5, 0.6) is 0 Å². The van der Waals surface area contributed by atoms with Crippen LogP contribution in [0.4, 0.5) is 0 Å². The summed E-state index contributed by atoms with van der Waals surface area (Å²) >= 11 is 3.29. The van der Waals surface area contributed by atoms with Crippen LogP contribution >= 0.6 is 23.5 Å². The molecule has 1 fully saturated rings. The molecule has 0 aliphatic carbocycles. The van der Waals surface area contributed by atoms with E-state index in [1.165, 1.54) is 0 Å². The molecule has 1 saturated heterocycles. The molecule has 0 bridgehead atoms. The van der Waals surface area contributed by atoms with Gasteiger partial charge < -0.3 is 9.47 Å². The molecule has 0 atom stereocenters. The fraction of sp³-hybridized carbons (Fsp3) is 0.750. The summed E-state index contributed by atoms with van der Waals surface area (Å²) in [6.45, 7) is 4.32. The average Bonchev–Trinajstić information content (AvgIpc) is 2.30. The van der Waals surface area contributed by atoms with E-state index in [1.54, 1.807) is 37.4 Å². The number of thioether (sulfide) groups is 2. The highest BCUT2D eigenvalue weighted by atomic mass is 32.2. The number of hydrogen-bond acceptors (Lipinski definition) is 6. The molecule has 1 rings (SSSR count). The Morgan fingerprint density at radius 3 is 1.89 bits per heavy atom. The molecule has 1 heterocycles. The quantitative estimate of drug-likeness (QED) is 0.701. The number of carbonyl (C=O) groups is 2. The summed E-state index contributed by atoms with van der Waals surface area (Å²) in [6.07, 6.45) is 0.570. The monoisotopic (exact) mass is 291 g/mol. The van der Waals surface area contributed by atoms with E-state index < -0.39 is 0 Å². The number of esters is 2. The van der Waals surface area contributed by atoms with Gasteiger partial charge in [0.2, 0.25) is 0 Å². The fourth-order valence-electron chi connectivity index (χ4n) is 1.81. The molecule has 1 radical (unpaired) electrons. The van der Waals surface area contributed by atoms with E-state index in [0.29, 0.717) is 13.2 Å². The van der Waals surface area contributed by atoms with Gasteiger partial charge in [0.25, 0.3) is 0 Å². The third-order valence-electron chi connectivity index (χ3n) is 2.56. The number of carbonyl (C=O) groups excluding carboxylic acids is 2. The van der Waals surface area contributed by atoms with Crippen molar-refractivity contribution in [1.29, 1.82) is 0 Å². The zero-order chi connectivity index (χ0) is 13.4. The maximum Gasteiger partial charge on any atom is 0.306 e. The van der Waals surface area contributed by atoms with Crippen molar-refractivity contribution in [3.8, 4) is 0 Å². The summed E-state index contributed by atoms with van der Waals surface area (Å²) in [5.41, 5.74) is -0.331. The van der Waals surface area contributed by atoms with Crippen molar-refractivity contribution in [1.82, 2.24) is 0 Å². The molecular weight excluding hydrogens is 272 g/mol. The van der Waals surface area contributed by atoms with Gasteiger partial charge in [-0.05, 0) is 13.8 Å². The van der Waals surface area contributed by atoms with Crippen LogP contribution in [0.1, 0.15) is 26.7 Å². The van der Waals surface area contributed by atoms with Crippen molar-refractivity contribution in [3.05, 3.63) is 5.08 Å². The van der Waals surface area contributed by atoms with Crippen LogP contribution in [0.2, 0.25) is 0 Å². The predicted octanol–water partition coefficient (Wildman–Crippen LogP) is 2.48. The van der Waals surface area contributed by atoms with Crippen molar-refractivity contribution in [3.63, 3.8) is 0 Å². The molecule has 1 aliphatic rings. The molecule has 6 heteroatoms. The number of hydrogen-bond donors (Lipinski definition) is 0. The Balaban J connectivity index is 2.62. The second kappa shape index (κ2) is 7.94. The highest BCUT2D eigenvalue weighted by molar-refractivity contribution is 8.19. The molecule has 18 heavy (non-hydrogen) atoms. The average molecular weight is 291 g/mol. The van der Waals surface area contributed by atoms with Crippen LogP contribution < -0.4 is 0 Å². The second-order valence-corrected chi connectivity index (χ2v) is 6.20.